The second-order valence-electron chi connectivity index (χ2n) is 4.85. The SMILES string of the molecule is Cc1cc(C)n(C[C@@H](C)NCCc2nc(N)n[nH]2)n1. The third-order valence-corrected chi connectivity index (χ3v) is 2.95. The van der Waals surface area contributed by atoms with Gasteiger partial charge in [0.1, 0.15) is 5.82 Å². The molecule has 0 amide bonds. The molecule has 0 bridgehead atoms. The molecular formula is C12H21N7. The third-order valence-electron chi connectivity index (χ3n) is 2.95. The molecule has 0 aromatic carbocycles. The summed E-state index contributed by atoms with van der Waals surface area (Å²) in [5, 5.41) is 14.5. The topological polar surface area (TPSA) is 97.4 Å². The number of aryl methyl sites for hydroxylation is 2. The van der Waals surface area contributed by atoms with Crippen molar-refractivity contribution in [1.82, 2.24) is 30.3 Å². The number of rotatable bonds is 6. The van der Waals surface area contributed by atoms with E-state index in [0.29, 0.717) is 12.0 Å². The minimum absolute atomic E-state index is 0.297. The largest absolute Gasteiger partial charge is 0.367 e. The zero-order chi connectivity index (χ0) is 13.8. The predicted octanol–water partition coefficient (Wildman–Crippen LogP) is 0.421. The Morgan fingerprint density at radius 1 is 1.47 bits per heavy atom. The molecule has 0 saturated heterocycles. The van der Waals surface area contributed by atoms with Gasteiger partial charge in [-0.2, -0.15) is 10.1 Å². The summed E-state index contributed by atoms with van der Waals surface area (Å²) >= 11 is 0. The maximum Gasteiger partial charge on any atom is 0.239 e. The van der Waals surface area contributed by atoms with Crippen LogP contribution in [0.1, 0.15) is 24.1 Å². The first-order chi connectivity index (χ1) is 9.04. The van der Waals surface area contributed by atoms with E-state index in [2.05, 4.69) is 45.5 Å². The molecule has 0 aliphatic carbocycles. The molecule has 0 fully saturated rings. The van der Waals surface area contributed by atoms with E-state index < -0.39 is 0 Å². The molecule has 0 aliphatic rings. The number of hydrogen-bond acceptors (Lipinski definition) is 5. The van der Waals surface area contributed by atoms with E-state index in [4.69, 9.17) is 5.73 Å². The van der Waals surface area contributed by atoms with E-state index in [0.717, 1.165) is 31.0 Å². The zero-order valence-electron chi connectivity index (χ0n) is 11.6. The second kappa shape index (κ2) is 5.83. The normalized spacial score (nSPS) is 12.8. The van der Waals surface area contributed by atoms with Gasteiger partial charge in [-0.3, -0.25) is 9.78 Å². The highest BCUT2D eigenvalue weighted by Crippen LogP contribution is 2.03. The standard InChI is InChI=1S/C12H21N7/c1-8-6-10(3)19(18-8)7-9(2)14-5-4-11-15-12(13)17-16-11/h6,9,14H,4-5,7H2,1-3H3,(H3,13,15,16,17)/t9-/m1/s1. The summed E-state index contributed by atoms with van der Waals surface area (Å²) in [6, 6.07) is 2.43. The van der Waals surface area contributed by atoms with Crippen LogP contribution in [0.5, 0.6) is 0 Å². The molecule has 104 valence electrons. The van der Waals surface area contributed by atoms with Crippen LogP contribution < -0.4 is 11.1 Å². The lowest BCUT2D eigenvalue weighted by molar-refractivity contribution is 0.445. The first kappa shape index (κ1) is 13.5. The van der Waals surface area contributed by atoms with Gasteiger partial charge in [0, 0.05) is 24.7 Å². The number of nitrogens with zero attached hydrogens (tertiary/aromatic N) is 4. The van der Waals surface area contributed by atoms with E-state index >= 15 is 0 Å². The van der Waals surface area contributed by atoms with Crippen LogP contribution in [0, 0.1) is 13.8 Å². The quantitative estimate of drug-likeness (QED) is 0.702. The summed E-state index contributed by atoms with van der Waals surface area (Å²) in [7, 11) is 0. The Labute approximate surface area is 112 Å². The summed E-state index contributed by atoms with van der Waals surface area (Å²) < 4.78 is 2.03. The molecule has 2 rings (SSSR count). The molecule has 0 spiro atoms. The van der Waals surface area contributed by atoms with Gasteiger partial charge in [-0.05, 0) is 26.8 Å². The summed E-state index contributed by atoms with van der Waals surface area (Å²) in [4.78, 5) is 4.06. The van der Waals surface area contributed by atoms with Crippen LogP contribution in [0.2, 0.25) is 0 Å². The van der Waals surface area contributed by atoms with Crippen molar-refractivity contribution in [2.24, 2.45) is 0 Å². The van der Waals surface area contributed by atoms with Gasteiger partial charge in [-0.15, -0.1) is 5.10 Å². The van der Waals surface area contributed by atoms with Crippen molar-refractivity contribution >= 4 is 5.95 Å². The van der Waals surface area contributed by atoms with Gasteiger partial charge in [0.25, 0.3) is 0 Å². The van der Waals surface area contributed by atoms with Crippen molar-refractivity contribution in [3.8, 4) is 0 Å². The number of H-pyrrole nitrogens is 1. The molecule has 2 heterocycles. The van der Waals surface area contributed by atoms with E-state index in [9.17, 15) is 0 Å². The molecule has 19 heavy (non-hydrogen) atoms. The number of hydrogen-bond donors (Lipinski definition) is 3. The van der Waals surface area contributed by atoms with E-state index in [1.807, 2.05) is 11.6 Å². The van der Waals surface area contributed by atoms with Crippen molar-refractivity contribution in [2.75, 3.05) is 12.3 Å². The fourth-order valence-electron chi connectivity index (χ4n) is 2.04. The van der Waals surface area contributed by atoms with Crippen molar-refractivity contribution in [3.63, 3.8) is 0 Å². The number of aromatic nitrogens is 5. The maximum absolute atomic E-state index is 5.45. The lowest BCUT2D eigenvalue weighted by Crippen LogP contribution is -2.32. The Bertz CT molecular complexity index is 528. The molecule has 7 heteroatoms. The second-order valence-corrected chi connectivity index (χ2v) is 4.85. The number of nitrogens with two attached hydrogens (primary N) is 1. The number of aromatic amines is 1. The van der Waals surface area contributed by atoms with Crippen LogP contribution in [0.25, 0.3) is 0 Å². The average molecular weight is 263 g/mol. The molecule has 2 aromatic heterocycles. The van der Waals surface area contributed by atoms with Crippen LogP contribution in [-0.2, 0) is 13.0 Å². The summed E-state index contributed by atoms with van der Waals surface area (Å²) in [5.74, 6) is 1.11. The molecule has 2 aromatic rings. The fourth-order valence-corrected chi connectivity index (χ4v) is 2.04. The molecule has 0 radical (unpaired) electrons. The highest BCUT2D eigenvalue weighted by atomic mass is 15.3. The Morgan fingerprint density at radius 3 is 2.84 bits per heavy atom. The lowest BCUT2D eigenvalue weighted by Gasteiger charge is -2.14. The summed E-state index contributed by atoms with van der Waals surface area (Å²) in [6.45, 7) is 7.92. The van der Waals surface area contributed by atoms with Crippen LogP contribution in [0.15, 0.2) is 6.07 Å². The van der Waals surface area contributed by atoms with Gasteiger partial charge in [0.15, 0.2) is 0 Å². The smallest absolute Gasteiger partial charge is 0.239 e. The predicted molar refractivity (Wildman–Crippen MR) is 73.7 cm³/mol. The van der Waals surface area contributed by atoms with Crippen molar-refractivity contribution in [2.45, 2.75) is 39.8 Å². The molecule has 4 N–H and O–H groups in total. The van der Waals surface area contributed by atoms with Crippen molar-refractivity contribution in [3.05, 3.63) is 23.3 Å². The number of anilines is 1. The average Bonchev–Trinajstić information content (AvgIpc) is 2.86. The third kappa shape index (κ3) is 3.78. The molecule has 1 atom stereocenters. The monoisotopic (exact) mass is 263 g/mol. The first-order valence-corrected chi connectivity index (χ1v) is 6.46. The lowest BCUT2D eigenvalue weighted by atomic mass is 10.3. The highest BCUT2D eigenvalue weighted by molar-refractivity contribution is 5.12. The minimum Gasteiger partial charge on any atom is -0.367 e. The first-order valence-electron chi connectivity index (χ1n) is 6.46. The summed E-state index contributed by atoms with van der Waals surface area (Å²) in [6.07, 6.45) is 0.783. The molecule has 0 unspecified atom stereocenters. The highest BCUT2D eigenvalue weighted by Gasteiger charge is 2.07. The van der Waals surface area contributed by atoms with Crippen LogP contribution in [0.4, 0.5) is 5.95 Å². The number of nitrogens with one attached hydrogen (secondary N) is 2. The van der Waals surface area contributed by atoms with E-state index in [1.54, 1.807) is 0 Å². The van der Waals surface area contributed by atoms with Crippen molar-refractivity contribution in [1.29, 1.82) is 0 Å². The molecule has 0 saturated carbocycles. The van der Waals surface area contributed by atoms with Crippen LogP contribution in [-0.4, -0.2) is 37.5 Å². The van der Waals surface area contributed by atoms with Gasteiger partial charge in [-0.1, -0.05) is 0 Å². The minimum atomic E-state index is 0.297. The van der Waals surface area contributed by atoms with E-state index in [-0.39, 0.29) is 0 Å². The van der Waals surface area contributed by atoms with Gasteiger partial charge >= 0.3 is 0 Å². The van der Waals surface area contributed by atoms with Gasteiger partial charge < -0.3 is 11.1 Å². The van der Waals surface area contributed by atoms with Crippen LogP contribution >= 0.6 is 0 Å². The molecule has 7 nitrogen and oxygen atoms in total. The van der Waals surface area contributed by atoms with Gasteiger partial charge in [0.05, 0.1) is 12.2 Å². The summed E-state index contributed by atoms with van der Waals surface area (Å²) in [5.41, 5.74) is 7.69. The van der Waals surface area contributed by atoms with Gasteiger partial charge in [-0.25, -0.2) is 0 Å². The number of nitrogen functional groups attached to an aromatic ring is 1. The Morgan fingerprint density at radius 2 is 2.26 bits per heavy atom. The Kier molecular flexibility index (Phi) is 4.16. The molecule has 0 aliphatic heterocycles. The zero-order valence-corrected chi connectivity index (χ0v) is 11.6. The maximum atomic E-state index is 5.45. The van der Waals surface area contributed by atoms with Gasteiger partial charge in [0.2, 0.25) is 5.95 Å². The van der Waals surface area contributed by atoms with Crippen molar-refractivity contribution < 1.29 is 0 Å². The molecular weight excluding hydrogens is 242 g/mol. The Balaban J connectivity index is 1.75. The van der Waals surface area contributed by atoms with E-state index in [1.165, 1.54) is 5.69 Å². The van der Waals surface area contributed by atoms with Crippen LogP contribution in [0.3, 0.4) is 0 Å². The Hall–Kier alpha value is -1.89. The fraction of sp³-hybridized carbons (Fsp3) is 0.583.